The van der Waals surface area contributed by atoms with E-state index in [0.717, 1.165) is 11.4 Å². The third-order valence-electron chi connectivity index (χ3n) is 1.51. The quantitative estimate of drug-likeness (QED) is 0.720. The number of hydrogen-bond acceptors (Lipinski definition) is 2. The SMILES string of the molecule is CC.Cc1cnc(OC(C)C)c(C)c1. The van der Waals surface area contributed by atoms with Crippen LogP contribution in [-0.4, -0.2) is 11.1 Å². The minimum Gasteiger partial charge on any atom is -0.475 e. The fourth-order valence-corrected chi connectivity index (χ4v) is 1.05. The zero-order chi connectivity index (χ0) is 11.1. The lowest BCUT2D eigenvalue weighted by atomic mass is 10.2. The minimum absolute atomic E-state index is 0.193. The molecule has 2 nitrogen and oxygen atoms in total. The lowest BCUT2D eigenvalue weighted by molar-refractivity contribution is 0.231. The average molecular weight is 195 g/mol. The van der Waals surface area contributed by atoms with Crippen LogP contribution in [0.5, 0.6) is 5.88 Å². The monoisotopic (exact) mass is 195 g/mol. The Morgan fingerprint density at radius 3 is 2.21 bits per heavy atom. The molecule has 80 valence electrons. The van der Waals surface area contributed by atoms with E-state index in [0.29, 0.717) is 0 Å². The van der Waals surface area contributed by atoms with Crippen molar-refractivity contribution in [2.45, 2.75) is 47.6 Å². The highest BCUT2D eigenvalue weighted by molar-refractivity contribution is 5.27. The predicted octanol–water partition coefficient (Wildman–Crippen LogP) is 3.51. The van der Waals surface area contributed by atoms with Crippen molar-refractivity contribution in [3.05, 3.63) is 23.4 Å². The fraction of sp³-hybridized carbons (Fsp3) is 0.583. The van der Waals surface area contributed by atoms with Crippen molar-refractivity contribution >= 4 is 0 Å². The molecule has 0 fully saturated rings. The van der Waals surface area contributed by atoms with Gasteiger partial charge in [0, 0.05) is 11.8 Å². The highest BCUT2D eigenvalue weighted by Crippen LogP contribution is 2.15. The van der Waals surface area contributed by atoms with Crippen LogP contribution in [0, 0.1) is 13.8 Å². The molecule has 14 heavy (non-hydrogen) atoms. The molecule has 0 unspecified atom stereocenters. The summed E-state index contributed by atoms with van der Waals surface area (Å²) in [6, 6.07) is 2.07. The first-order chi connectivity index (χ1) is 6.59. The summed E-state index contributed by atoms with van der Waals surface area (Å²) in [6.45, 7) is 12.0. The number of pyridine rings is 1. The topological polar surface area (TPSA) is 22.1 Å². The summed E-state index contributed by atoms with van der Waals surface area (Å²) in [7, 11) is 0. The average Bonchev–Trinajstić information content (AvgIpc) is 2.13. The second kappa shape index (κ2) is 6.41. The molecule has 0 aliphatic carbocycles. The Balaban J connectivity index is 0.000000791. The van der Waals surface area contributed by atoms with Gasteiger partial charge in [0.15, 0.2) is 0 Å². The van der Waals surface area contributed by atoms with Gasteiger partial charge in [0.25, 0.3) is 0 Å². The van der Waals surface area contributed by atoms with Crippen LogP contribution in [0.1, 0.15) is 38.8 Å². The van der Waals surface area contributed by atoms with Crippen molar-refractivity contribution in [2.75, 3.05) is 0 Å². The molecule has 1 aromatic rings. The Labute approximate surface area is 87.3 Å². The number of rotatable bonds is 2. The summed E-state index contributed by atoms with van der Waals surface area (Å²) in [5.74, 6) is 0.746. The number of ether oxygens (including phenoxy) is 1. The van der Waals surface area contributed by atoms with Gasteiger partial charge in [-0.2, -0.15) is 0 Å². The maximum absolute atomic E-state index is 5.49. The van der Waals surface area contributed by atoms with Gasteiger partial charge in [-0.3, -0.25) is 0 Å². The maximum atomic E-state index is 5.49. The smallest absolute Gasteiger partial charge is 0.216 e. The van der Waals surface area contributed by atoms with Gasteiger partial charge in [-0.1, -0.05) is 13.8 Å². The van der Waals surface area contributed by atoms with Crippen LogP contribution in [-0.2, 0) is 0 Å². The van der Waals surface area contributed by atoms with Gasteiger partial charge in [0.2, 0.25) is 5.88 Å². The van der Waals surface area contributed by atoms with Crippen LogP contribution < -0.4 is 4.74 Å². The Kier molecular flexibility index (Phi) is 5.93. The van der Waals surface area contributed by atoms with Crippen LogP contribution in [0.25, 0.3) is 0 Å². The molecule has 0 spiro atoms. The van der Waals surface area contributed by atoms with Gasteiger partial charge in [-0.05, 0) is 39.3 Å². The molecule has 0 saturated carbocycles. The van der Waals surface area contributed by atoms with Gasteiger partial charge < -0.3 is 4.74 Å². The van der Waals surface area contributed by atoms with Crippen molar-refractivity contribution in [1.29, 1.82) is 0 Å². The first-order valence-electron chi connectivity index (χ1n) is 5.19. The molecular weight excluding hydrogens is 174 g/mol. The van der Waals surface area contributed by atoms with Crippen LogP contribution in [0.3, 0.4) is 0 Å². The molecule has 0 atom stereocenters. The van der Waals surface area contributed by atoms with Crippen molar-refractivity contribution < 1.29 is 4.74 Å². The van der Waals surface area contributed by atoms with E-state index in [1.807, 2.05) is 47.7 Å². The lowest BCUT2D eigenvalue weighted by Crippen LogP contribution is -2.08. The molecule has 0 aliphatic rings. The molecule has 2 heteroatoms. The van der Waals surface area contributed by atoms with E-state index in [1.165, 1.54) is 5.56 Å². The fourth-order valence-electron chi connectivity index (χ4n) is 1.05. The van der Waals surface area contributed by atoms with Gasteiger partial charge in [-0.15, -0.1) is 0 Å². The summed E-state index contributed by atoms with van der Waals surface area (Å²) in [4.78, 5) is 4.20. The zero-order valence-electron chi connectivity index (χ0n) is 10.1. The van der Waals surface area contributed by atoms with E-state index in [-0.39, 0.29) is 6.10 Å². The molecule has 0 saturated heterocycles. The summed E-state index contributed by atoms with van der Waals surface area (Å²) < 4.78 is 5.49. The number of aryl methyl sites for hydroxylation is 2. The molecule has 0 N–H and O–H groups in total. The van der Waals surface area contributed by atoms with Crippen LogP contribution in [0.15, 0.2) is 12.3 Å². The second-order valence-corrected chi connectivity index (χ2v) is 3.30. The molecule has 1 aromatic heterocycles. The third kappa shape index (κ3) is 4.26. The summed E-state index contributed by atoms with van der Waals surface area (Å²) in [5.41, 5.74) is 2.27. The molecule has 0 amide bonds. The van der Waals surface area contributed by atoms with Crippen LogP contribution in [0.4, 0.5) is 0 Å². The Bertz CT molecular complexity index is 269. The van der Waals surface area contributed by atoms with Gasteiger partial charge >= 0.3 is 0 Å². The normalized spacial score (nSPS) is 9.36. The molecule has 0 radical (unpaired) electrons. The first kappa shape index (κ1) is 12.9. The highest BCUT2D eigenvalue weighted by Gasteiger charge is 2.02. The van der Waals surface area contributed by atoms with Crippen LogP contribution >= 0.6 is 0 Å². The van der Waals surface area contributed by atoms with E-state index in [9.17, 15) is 0 Å². The molecule has 1 rings (SSSR count). The second-order valence-electron chi connectivity index (χ2n) is 3.30. The van der Waals surface area contributed by atoms with Gasteiger partial charge in [-0.25, -0.2) is 4.98 Å². The van der Waals surface area contributed by atoms with Gasteiger partial charge in [0.1, 0.15) is 0 Å². The summed E-state index contributed by atoms with van der Waals surface area (Å²) in [5, 5.41) is 0. The Morgan fingerprint density at radius 1 is 1.21 bits per heavy atom. The van der Waals surface area contributed by atoms with Crippen molar-refractivity contribution in [3.63, 3.8) is 0 Å². The molecule has 0 aliphatic heterocycles. The van der Waals surface area contributed by atoms with Crippen molar-refractivity contribution in [1.82, 2.24) is 4.98 Å². The molecular formula is C12H21NO. The largest absolute Gasteiger partial charge is 0.475 e. The van der Waals surface area contributed by atoms with Gasteiger partial charge in [0.05, 0.1) is 6.10 Å². The summed E-state index contributed by atoms with van der Waals surface area (Å²) >= 11 is 0. The van der Waals surface area contributed by atoms with E-state index in [4.69, 9.17) is 4.74 Å². The van der Waals surface area contributed by atoms with E-state index in [2.05, 4.69) is 11.1 Å². The molecule has 1 heterocycles. The van der Waals surface area contributed by atoms with E-state index >= 15 is 0 Å². The maximum Gasteiger partial charge on any atom is 0.216 e. The number of hydrogen-bond donors (Lipinski definition) is 0. The third-order valence-corrected chi connectivity index (χ3v) is 1.51. The van der Waals surface area contributed by atoms with E-state index in [1.54, 1.807) is 0 Å². The van der Waals surface area contributed by atoms with E-state index < -0.39 is 0 Å². The minimum atomic E-state index is 0.193. The van der Waals surface area contributed by atoms with Crippen molar-refractivity contribution in [2.24, 2.45) is 0 Å². The Hall–Kier alpha value is -1.05. The molecule has 0 bridgehead atoms. The number of aromatic nitrogens is 1. The lowest BCUT2D eigenvalue weighted by Gasteiger charge is -2.10. The standard InChI is InChI=1S/C10H15NO.C2H6/c1-7(2)12-10-9(4)5-8(3)6-11-10;1-2/h5-7H,1-4H3;1-2H3. The Morgan fingerprint density at radius 2 is 1.79 bits per heavy atom. The highest BCUT2D eigenvalue weighted by atomic mass is 16.5. The van der Waals surface area contributed by atoms with Crippen molar-refractivity contribution in [3.8, 4) is 5.88 Å². The number of nitrogens with zero attached hydrogens (tertiary/aromatic N) is 1. The molecule has 0 aromatic carbocycles. The van der Waals surface area contributed by atoms with Crippen LogP contribution in [0.2, 0.25) is 0 Å². The predicted molar refractivity (Wildman–Crippen MR) is 60.8 cm³/mol. The zero-order valence-corrected chi connectivity index (χ0v) is 10.1. The first-order valence-corrected chi connectivity index (χ1v) is 5.19. The summed E-state index contributed by atoms with van der Waals surface area (Å²) in [6.07, 6.45) is 2.02.